The Balaban J connectivity index is 1.74. The molecule has 1 amide bonds. The van der Waals surface area contributed by atoms with E-state index < -0.39 is 0 Å². The van der Waals surface area contributed by atoms with Crippen LogP contribution in [0.3, 0.4) is 0 Å². The van der Waals surface area contributed by atoms with E-state index >= 15 is 0 Å². The Morgan fingerprint density at radius 2 is 2.20 bits per heavy atom. The maximum atomic E-state index is 11.9. The van der Waals surface area contributed by atoms with E-state index in [4.69, 9.17) is 42.8 Å². The maximum Gasteiger partial charge on any atom is 0.409 e. The number of halogens is 2. The average Bonchev–Trinajstić information content (AvgIpc) is 3.10. The smallest absolute Gasteiger partial charge is 0.409 e. The molecule has 0 aliphatic carbocycles. The Bertz CT molecular complexity index is 1090. The average molecular weight is 467 g/mol. The number of hydrogen-bond donors (Lipinski definition) is 1. The number of amides is 1. The fourth-order valence-corrected chi connectivity index (χ4v) is 4.42. The quantitative estimate of drug-likeness (QED) is 0.577. The van der Waals surface area contributed by atoms with Gasteiger partial charge in [0.15, 0.2) is 0 Å². The summed E-state index contributed by atoms with van der Waals surface area (Å²) in [5.41, 5.74) is 3.18. The summed E-state index contributed by atoms with van der Waals surface area (Å²) >= 11 is 13.9. The molecule has 1 aliphatic rings. The third kappa shape index (κ3) is 4.24. The van der Waals surface area contributed by atoms with Gasteiger partial charge in [0.25, 0.3) is 0 Å². The Labute approximate surface area is 188 Å². The third-order valence-corrected chi connectivity index (χ3v) is 6.09. The van der Waals surface area contributed by atoms with E-state index in [0.29, 0.717) is 41.8 Å². The molecule has 1 saturated heterocycles. The van der Waals surface area contributed by atoms with Gasteiger partial charge in [0.2, 0.25) is 0 Å². The summed E-state index contributed by atoms with van der Waals surface area (Å²) in [4.78, 5) is 19.2. The van der Waals surface area contributed by atoms with Gasteiger partial charge >= 0.3 is 6.09 Å². The number of methoxy groups -OCH3 is 1. The van der Waals surface area contributed by atoms with Gasteiger partial charge in [0, 0.05) is 40.7 Å². The minimum Gasteiger partial charge on any atom is -0.453 e. The highest BCUT2D eigenvalue weighted by molar-refractivity contribution is 7.97. The number of rotatable bonds is 4. The summed E-state index contributed by atoms with van der Waals surface area (Å²) in [6, 6.07) is 9.24. The molecule has 1 atom stereocenters. The second-order valence-corrected chi connectivity index (χ2v) is 8.40. The van der Waals surface area contributed by atoms with Crippen LogP contribution in [0.1, 0.15) is 5.69 Å². The van der Waals surface area contributed by atoms with Crippen molar-refractivity contribution in [3.63, 3.8) is 0 Å². The second-order valence-electron chi connectivity index (χ2n) is 6.85. The van der Waals surface area contributed by atoms with E-state index in [2.05, 4.69) is 0 Å². The fourth-order valence-electron chi connectivity index (χ4n) is 3.60. The highest BCUT2D eigenvalue weighted by atomic mass is 35.5. The Kier molecular flexibility index (Phi) is 6.40. The van der Waals surface area contributed by atoms with Crippen molar-refractivity contribution < 1.29 is 14.3 Å². The lowest BCUT2D eigenvalue weighted by molar-refractivity contribution is -0.0241. The normalized spacial score (nSPS) is 16.8. The molecule has 1 aliphatic heterocycles. The first kappa shape index (κ1) is 21.3. The van der Waals surface area contributed by atoms with Crippen molar-refractivity contribution in [2.45, 2.75) is 17.4 Å². The lowest BCUT2D eigenvalue weighted by atomic mass is 10.1. The van der Waals surface area contributed by atoms with Gasteiger partial charge in [-0.2, -0.15) is 0 Å². The zero-order chi connectivity index (χ0) is 21.3. The van der Waals surface area contributed by atoms with Crippen LogP contribution in [0.15, 0.2) is 41.4 Å². The molecule has 7 nitrogen and oxygen atoms in total. The summed E-state index contributed by atoms with van der Waals surface area (Å²) in [7, 11) is 1.38. The SMILES string of the molecule is COC(=O)N1CCOC(Cc2c(-c3ccc(SN)cc3Cl)nc3cc(Cl)ccn23)C1. The van der Waals surface area contributed by atoms with Crippen molar-refractivity contribution >= 4 is 46.9 Å². The summed E-state index contributed by atoms with van der Waals surface area (Å²) in [5.74, 6) is 0. The molecule has 3 aromatic rings. The standard InChI is InChI=1S/C20H20Cl2N4O3S/c1-28-20(27)25-6-7-29-13(11-25)9-17-19(15-3-2-14(30-23)10-16(15)22)24-18-8-12(21)4-5-26(17)18/h2-5,8,10,13H,6-7,9,11,23H2,1H3. The van der Waals surface area contributed by atoms with Crippen LogP contribution in [0.4, 0.5) is 4.79 Å². The van der Waals surface area contributed by atoms with E-state index in [0.717, 1.165) is 33.8 Å². The summed E-state index contributed by atoms with van der Waals surface area (Å²) < 4.78 is 12.8. The molecule has 0 saturated carbocycles. The lowest BCUT2D eigenvalue weighted by Gasteiger charge is -2.32. The van der Waals surface area contributed by atoms with Crippen molar-refractivity contribution in [2.75, 3.05) is 26.8 Å². The zero-order valence-corrected chi connectivity index (χ0v) is 18.5. The maximum absolute atomic E-state index is 11.9. The number of benzene rings is 1. The van der Waals surface area contributed by atoms with Crippen molar-refractivity contribution in [2.24, 2.45) is 5.14 Å². The van der Waals surface area contributed by atoms with Gasteiger partial charge < -0.3 is 18.8 Å². The predicted molar refractivity (Wildman–Crippen MR) is 118 cm³/mol. The van der Waals surface area contributed by atoms with Crippen LogP contribution in [0.25, 0.3) is 16.9 Å². The van der Waals surface area contributed by atoms with Crippen LogP contribution in [-0.4, -0.2) is 53.3 Å². The summed E-state index contributed by atoms with van der Waals surface area (Å²) in [6.45, 7) is 1.38. The molecule has 2 N–H and O–H groups in total. The van der Waals surface area contributed by atoms with Crippen LogP contribution in [-0.2, 0) is 15.9 Å². The van der Waals surface area contributed by atoms with Gasteiger partial charge in [-0.1, -0.05) is 29.3 Å². The van der Waals surface area contributed by atoms with Crippen LogP contribution >= 0.6 is 35.1 Å². The van der Waals surface area contributed by atoms with Gasteiger partial charge in [0.05, 0.1) is 42.8 Å². The molecule has 1 fully saturated rings. The first-order valence-corrected chi connectivity index (χ1v) is 10.9. The number of nitrogens with zero attached hydrogens (tertiary/aromatic N) is 3. The lowest BCUT2D eigenvalue weighted by Crippen LogP contribution is -2.46. The Morgan fingerprint density at radius 3 is 2.93 bits per heavy atom. The molecule has 10 heteroatoms. The molecule has 158 valence electrons. The monoisotopic (exact) mass is 466 g/mol. The molecular formula is C20H20Cl2N4O3S. The number of carbonyl (C=O) groups is 1. The number of imidazole rings is 1. The number of nitrogens with two attached hydrogens (primary N) is 1. The van der Waals surface area contributed by atoms with E-state index in [1.165, 1.54) is 7.11 Å². The van der Waals surface area contributed by atoms with Gasteiger partial charge in [0.1, 0.15) is 5.65 Å². The highest BCUT2D eigenvalue weighted by Gasteiger charge is 2.28. The number of pyridine rings is 1. The van der Waals surface area contributed by atoms with E-state index in [1.807, 2.05) is 34.9 Å². The summed E-state index contributed by atoms with van der Waals surface area (Å²) in [6.07, 6.45) is 1.86. The van der Waals surface area contributed by atoms with Crippen molar-refractivity contribution in [1.82, 2.24) is 14.3 Å². The molecule has 4 rings (SSSR count). The first-order valence-electron chi connectivity index (χ1n) is 9.27. The molecule has 1 unspecified atom stereocenters. The number of carbonyl (C=O) groups excluding carboxylic acids is 1. The number of morpholine rings is 1. The summed E-state index contributed by atoms with van der Waals surface area (Å²) in [5, 5.41) is 6.80. The predicted octanol–water partition coefficient (Wildman–Crippen LogP) is 4.28. The second kappa shape index (κ2) is 9.03. The van der Waals surface area contributed by atoms with Crippen molar-refractivity contribution in [3.8, 4) is 11.3 Å². The van der Waals surface area contributed by atoms with Crippen LogP contribution in [0, 0.1) is 0 Å². The first-order chi connectivity index (χ1) is 14.5. The minimum atomic E-state index is -0.355. The van der Waals surface area contributed by atoms with Crippen molar-refractivity contribution in [1.29, 1.82) is 0 Å². The number of aromatic nitrogens is 2. The molecule has 0 spiro atoms. The molecule has 0 bridgehead atoms. The largest absolute Gasteiger partial charge is 0.453 e. The van der Waals surface area contributed by atoms with E-state index in [9.17, 15) is 4.79 Å². The molecule has 2 aromatic heterocycles. The topological polar surface area (TPSA) is 82.1 Å². The van der Waals surface area contributed by atoms with Gasteiger partial charge in [-0.3, -0.25) is 5.14 Å². The molecule has 1 aromatic carbocycles. The third-order valence-electron chi connectivity index (χ3n) is 5.01. The van der Waals surface area contributed by atoms with Gasteiger partial charge in [-0.25, -0.2) is 9.78 Å². The molecule has 3 heterocycles. The number of hydrogen-bond acceptors (Lipinski definition) is 6. The Hall–Kier alpha value is -1.97. The van der Waals surface area contributed by atoms with E-state index in [1.54, 1.807) is 11.0 Å². The zero-order valence-electron chi connectivity index (χ0n) is 16.2. The highest BCUT2D eigenvalue weighted by Crippen LogP contribution is 2.34. The molecule has 30 heavy (non-hydrogen) atoms. The van der Waals surface area contributed by atoms with Gasteiger partial charge in [-0.15, -0.1) is 0 Å². The fraction of sp³-hybridized carbons (Fsp3) is 0.300. The number of fused-ring (bicyclic) bond motifs is 1. The van der Waals surface area contributed by atoms with E-state index in [-0.39, 0.29) is 12.2 Å². The number of ether oxygens (including phenoxy) is 2. The molecular weight excluding hydrogens is 447 g/mol. The van der Waals surface area contributed by atoms with Crippen LogP contribution < -0.4 is 5.14 Å². The van der Waals surface area contributed by atoms with Gasteiger partial charge in [-0.05, 0) is 30.1 Å². The van der Waals surface area contributed by atoms with Crippen LogP contribution in [0.5, 0.6) is 0 Å². The van der Waals surface area contributed by atoms with Crippen LogP contribution in [0.2, 0.25) is 10.0 Å². The molecule has 0 radical (unpaired) electrons. The Morgan fingerprint density at radius 1 is 1.37 bits per heavy atom. The van der Waals surface area contributed by atoms with Crippen molar-refractivity contribution in [3.05, 3.63) is 52.3 Å². The minimum absolute atomic E-state index is 0.204.